The Labute approximate surface area is 98.4 Å². The zero-order valence-corrected chi connectivity index (χ0v) is 9.26. The second-order valence-electron chi connectivity index (χ2n) is 4.15. The van der Waals surface area contributed by atoms with E-state index in [0.717, 1.165) is 5.56 Å². The molecule has 1 aromatic rings. The SMILES string of the molecule is O=C(O)C1(Cc2ccncc2)COCCC1=O. The lowest BCUT2D eigenvalue weighted by atomic mass is 9.76. The Morgan fingerprint density at radius 3 is 2.76 bits per heavy atom. The van der Waals surface area contributed by atoms with E-state index in [1.54, 1.807) is 24.5 Å². The van der Waals surface area contributed by atoms with Crippen LogP contribution in [0.15, 0.2) is 24.5 Å². The summed E-state index contributed by atoms with van der Waals surface area (Å²) in [6.45, 7) is 0.258. The number of ketones is 1. The van der Waals surface area contributed by atoms with E-state index in [0.29, 0.717) is 6.61 Å². The van der Waals surface area contributed by atoms with E-state index in [4.69, 9.17) is 4.74 Å². The molecule has 1 unspecified atom stereocenters. The lowest BCUT2D eigenvalue weighted by molar-refractivity contribution is -0.164. The summed E-state index contributed by atoms with van der Waals surface area (Å²) >= 11 is 0. The molecule has 5 heteroatoms. The first-order chi connectivity index (χ1) is 8.15. The Morgan fingerprint density at radius 1 is 1.47 bits per heavy atom. The maximum Gasteiger partial charge on any atom is 0.319 e. The van der Waals surface area contributed by atoms with E-state index in [1.807, 2.05) is 0 Å². The number of aliphatic carboxylic acids is 1. The number of carboxylic acid groups (broad SMARTS) is 1. The number of aromatic nitrogens is 1. The molecular weight excluding hydrogens is 222 g/mol. The van der Waals surface area contributed by atoms with Crippen molar-refractivity contribution in [1.82, 2.24) is 4.98 Å². The number of carbonyl (C=O) groups is 2. The number of Topliss-reactive ketones (excluding diaryl/α,β-unsaturated/α-hetero) is 1. The van der Waals surface area contributed by atoms with Gasteiger partial charge in [0.25, 0.3) is 0 Å². The zero-order chi connectivity index (χ0) is 12.3. The van der Waals surface area contributed by atoms with Gasteiger partial charge in [-0.25, -0.2) is 0 Å². The first-order valence-electron chi connectivity index (χ1n) is 5.38. The van der Waals surface area contributed by atoms with Gasteiger partial charge in [0.05, 0.1) is 13.2 Å². The van der Waals surface area contributed by atoms with Gasteiger partial charge in [0.15, 0.2) is 11.2 Å². The van der Waals surface area contributed by atoms with Gasteiger partial charge in [-0.05, 0) is 24.1 Å². The first-order valence-corrected chi connectivity index (χ1v) is 5.38. The van der Waals surface area contributed by atoms with Crippen LogP contribution in [0.3, 0.4) is 0 Å². The summed E-state index contributed by atoms with van der Waals surface area (Å²) < 4.78 is 5.17. The Balaban J connectivity index is 2.29. The smallest absolute Gasteiger partial charge is 0.319 e. The molecule has 2 heterocycles. The third-order valence-corrected chi connectivity index (χ3v) is 3.02. The van der Waals surface area contributed by atoms with Crippen molar-refractivity contribution in [3.8, 4) is 0 Å². The minimum atomic E-state index is -1.43. The van der Waals surface area contributed by atoms with E-state index >= 15 is 0 Å². The number of rotatable bonds is 3. The summed E-state index contributed by atoms with van der Waals surface area (Å²) in [6, 6.07) is 3.43. The average molecular weight is 235 g/mol. The fraction of sp³-hybridized carbons (Fsp3) is 0.417. The molecule has 0 radical (unpaired) electrons. The topological polar surface area (TPSA) is 76.5 Å². The largest absolute Gasteiger partial charge is 0.480 e. The van der Waals surface area contributed by atoms with Crippen LogP contribution in [0.2, 0.25) is 0 Å². The number of ether oxygens (including phenoxy) is 1. The average Bonchev–Trinajstić information content (AvgIpc) is 2.33. The number of carbonyl (C=O) groups excluding carboxylic acids is 1. The molecule has 0 saturated carbocycles. The van der Waals surface area contributed by atoms with E-state index in [-0.39, 0.29) is 25.2 Å². The number of carboxylic acids is 1. The summed E-state index contributed by atoms with van der Waals surface area (Å²) in [5.74, 6) is -1.37. The molecule has 0 amide bonds. The molecule has 0 spiro atoms. The van der Waals surface area contributed by atoms with Crippen LogP contribution < -0.4 is 0 Å². The summed E-state index contributed by atoms with van der Waals surface area (Å²) in [7, 11) is 0. The molecule has 1 aromatic heterocycles. The van der Waals surface area contributed by atoms with Crippen molar-refractivity contribution in [3.05, 3.63) is 30.1 Å². The van der Waals surface area contributed by atoms with E-state index < -0.39 is 11.4 Å². The number of hydrogen-bond donors (Lipinski definition) is 1. The highest BCUT2D eigenvalue weighted by Gasteiger charge is 2.47. The van der Waals surface area contributed by atoms with Crippen LogP contribution in [-0.2, 0) is 20.7 Å². The molecule has 1 fully saturated rings. The number of nitrogens with zero attached hydrogens (tertiary/aromatic N) is 1. The molecule has 17 heavy (non-hydrogen) atoms. The maximum absolute atomic E-state index is 11.9. The van der Waals surface area contributed by atoms with E-state index in [2.05, 4.69) is 4.98 Å². The van der Waals surface area contributed by atoms with Gasteiger partial charge < -0.3 is 9.84 Å². The lowest BCUT2D eigenvalue weighted by Gasteiger charge is -2.31. The van der Waals surface area contributed by atoms with Gasteiger partial charge in [-0.15, -0.1) is 0 Å². The van der Waals surface area contributed by atoms with Gasteiger partial charge in [0, 0.05) is 18.8 Å². The minimum Gasteiger partial charge on any atom is -0.480 e. The van der Waals surface area contributed by atoms with Gasteiger partial charge >= 0.3 is 5.97 Å². The number of hydrogen-bond acceptors (Lipinski definition) is 4. The van der Waals surface area contributed by atoms with Crippen molar-refractivity contribution >= 4 is 11.8 Å². The first kappa shape index (κ1) is 11.7. The quantitative estimate of drug-likeness (QED) is 0.780. The molecule has 0 bridgehead atoms. The highest BCUT2D eigenvalue weighted by atomic mass is 16.5. The predicted molar refractivity (Wildman–Crippen MR) is 58.5 cm³/mol. The highest BCUT2D eigenvalue weighted by molar-refractivity contribution is 6.04. The maximum atomic E-state index is 11.9. The summed E-state index contributed by atoms with van der Waals surface area (Å²) in [4.78, 5) is 27.1. The van der Waals surface area contributed by atoms with Crippen LogP contribution >= 0.6 is 0 Å². The molecular formula is C12H13NO4. The second kappa shape index (κ2) is 4.63. The predicted octanol–water partition coefficient (Wildman–Crippen LogP) is 0.685. The van der Waals surface area contributed by atoms with E-state index in [1.165, 1.54) is 0 Å². The fourth-order valence-corrected chi connectivity index (χ4v) is 1.99. The molecule has 0 aromatic carbocycles. The standard InChI is InChI=1S/C12H13NO4/c14-10-3-6-17-8-12(10,11(15)16)7-9-1-4-13-5-2-9/h1-2,4-5H,3,6-8H2,(H,15,16). The van der Waals surface area contributed by atoms with Gasteiger partial charge in [0.1, 0.15) is 0 Å². The molecule has 1 atom stereocenters. The van der Waals surface area contributed by atoms with Crippen molar-refractivity contribution in [2.24, 2.45) is 5.41 Å². The van der Waals surface area contributed by atoms with Crippen LogP contribution in [-0.4, -0.2) is 35.1 Å². The molecule has 90 valence electrons. The van der Waals surface area contributed by atoms with Gasteiger partial charge in [-0.1, -0.05) is 0 Å². The van der Waals surface area contributed by atoms with E-state index in [9.17, 15) is 14.7 Å². The zero-order valence-electron chi connectivity index (χ0n) is 9.26. The Hall–Kier alpha value is -1.75. The highest BCUT2D eigenvalue weighted by Crippen LogP contribution is 2.30. The summed E-state index contributed by atoms with van der Waals surface area (Å²) in [5, 5.41) is 9.30. The van der Waals surface area contributed by atoms with Crippen LogP contribution in [0.4, 0.5) is 0 Å². The number of pyridine rings is 1. The summed E-state index contributed by atoms with van der Waals surface area (Å²) in [6.07, 6.45) is 3.49. The fourth-order valence-electron chi connectivity index (χ4n) is 1.99. The van der Waals surface area contributed by atoms with Crippen molar-refractivity contribution in [1.29, 1.82) is 0 Å². The Bertz CT molecular complexity index is 431. The minimum absolute atomic E-state index is 0.0521. The van der Waals surface area contributed by atoms with Crippen LogP contribution in [0, 0.1) is 5.41 Å². The van der Waals surface area contributed by atoms with Crippen LogP contribution in [0.1, 0.15) is 12.0 Å². The van der Waals surface area contributed by atoms with Crippen molar-refractivity contribution in [3.63, 3.8) is 0 Å². The summed E-state index contributed by atoms with van der Waals surface area (Å²) in [5.41, 5.74) is -0.652. The lowest BCUT2D eigenvalue weighted by Crippen LogP contribution is -2.48. The van der Waals surface area contributed by atoms with Crippen LogP contribution in [0.5, 0.6) is 0 Å². The normalized spacial score (nSPS) is 24.6. The molecule has 1 aliphatic heterocycles. The molecule has 1 N–H and O–H groups in total. The molecule has 2 rings (SSSR count). The van der Waals surface area contributed by atoms with Crippen molar-refractivity contribution in [2.75, 3.05) is 13.2 Å². The van der Waals surface area contributed by atoms with Crippen molar-refractivity contribution < 1.29 is 19.4 Å². The molecule has 0 aliphatic carbocycles. The molecule has 5 nitrogen and oxygen atoms in total. The molecule has 1 aliphatic rings. The Kier molecular flexibility index (Phi) is 3.19. The third-order valence-electron chi connectivity index (χ3n) is 3.02. The Morgan fingerprint density at radius 2 is 2.18 bits per heavy atom. The van der Waals surface area contributed by atoms with Gasteiger partial charge in [-0.3, -0.25) is 14.6 Å². The monoisotopic (exact) mass is 235 g/mol. The van der Waals surface area contributed by atoms with Crippen LogP contribution in [0.25, 0.3) is 0 Å². The van der Waals surface area contributed by atoms with Gasteiger partial charge in [-0.2, -0.15) is 0 Å². The van der Waals surface area contributed by atoms with Crippen molar-refractivity contribution in [2.45, 2.75) is 12.8 Å². The van der Waals surface area contributed by atoms with Gasteiger partial charge in [0.2, 0.25) is 0 Å². The molecule has 1 saturated heterocycles. The third kappa shape index (κ3) is 2.19. The second-order valence-corrected chi connectivity index (χ2v) is 4.15.